The van der Waals surface area contributed by atoms with Crippen molar-refractivity contribution in [2.75, 3.05) is 11.5 Å². The number of nitrogen functional groups attached to an aromatic ring is 2. The van der Waals surface area contributed by atoms with Gasteiger partial charge < -0.3 is 61.9 Å². The van der Waals surface area contributed by atoms with Crippen molar-refractivity contribution in [2.24, 2.45) is 0 Å². The number of carboxylic acid groups (broad SMARTS) is 2. The van der Waals surface area contributed by atoms with Crippen LogP contribution in [0.5, 0.6) is 11.5 Å². The number of aromatic nitrogens is 2. The minimum absolute atomic E-state index is 0.0176. The number of nitrogens with two attached hydrogens (primary N) is 2. The fraction of sp³-hybridized carbons (Fsp3) is 0.200. The lowest BCUT2D eigenvalue weighted by molar-refractivity contribution is -0.390. The number of H-pyrrole nitrogens is 2. The molecule has 0 atom stereocenters. The Labute approximate surface area is 252 Å². The van der Waals surface area contributed by atoms with Crippen LogP contribution in [0.4, 0.5) is 11.4 Å². The van der Waals surface area contributed by atoms with Gasteiger partial charge in [-0.1, -0.05) is 24.3 Å². The first-order chi connectivity index (χ1) is 20.8. The van der Waals surface area contributed by atoms with Crippen LogP contribution in [0.15, 0.2) is 60.9 Å². The van der Waals surface area contributed by atoms with Gasteiger partial charge in [0.2, 0.25) is 11.4 Å². The third-order valence-electron chi connectivity index (χ3n) is 5.93. The van der Waals surface area contributed by atoms with Crippen LogP contribution < -0.4 is 31.6 Å². The molecule has 14 nitrogen and oxygen atoms in total. The molecular formula is C30H36N4O10. The predicted octanol–water partition coefficient (Wildman–Crippen LogP) is -1.74. The standard InChI is InChI=1S/2C8H11NO3.2C7H7NO2/c2*1-5-8(12)7(4-11)6(3-10)2-9-5;2*8-6-3-1-5(2-4-6)7(9)10/h2*2,10-12H,3-4H2,1H3;2*1-4H,8H2,(H,9,10). The van der Waals surface area contributed by atoms with E-state index in [2.05, 4.69) is 9.97 Å². The van der Waals surface area contributed by atoms with Crippen LogP contribution in [-0.4, -0.2) is 42.6 Å². The van der Waals surface area contributed by atoms with E-state index < -0.39 is 11.9 Å². The number of carbonyl (C=O) groups is 2. The summed E-state index contributed by atoms with van der Waals surface area (Å²) in [7, 11) is 0. The van der Waals surface area contributed by atoms with E-state index in [0.29, 0.717) is 45.0 Å². The van der Waals surface area contributed by atoms with Gasteiger partial charge in [-0.3, -0.25) is 0 Å². The van der Waals surface area contributed by atoms with Gasteiger partial charge in [0.05, 0.1) is 49.5 Å². The SMILES string of the molecule is Cc1[nH+]cc(CO)c(CO)c1O.Cc1[nH+]cc(CO)c(CO)c1O.Nc1ccc(C(=O)[O-])cc1.Nc1ccc(C(=O)[O-])cc1. The minimum atomic E-state index is -1.18. The molecule has 2 aromatic carbocycles. The molecule has 0 fully saturated rings. The van der Waals surface area contributed by atoms with Gasteiger partial charge in [0, 0.05) is 36.3 Å². The third-order valence-corrected chi connectivity index (χ3v) is 5.93. The van der Waals surface area contributed by atoms with E-state index in [4.69, 9.17) is 31.9 Å². The van der Waals surface area contributed by atoms with Gasteiger partial charge in [-0.2, -0.15) is 0 Å². The number of benzene rings is 2. The molecule has 44 heavy (non-hydrogen) atoms. The number of hydrogen-bond donors (Lipinski definition) is 8. The molecule has 0 unspecified atom stereocenters. The Balaban J connectivity index is 0.000000294. The summed E-state index contributed by atoms with van der Waals surface area (Å²) in [4.78, 5) is 25.9. The fourth-order valence-corrected chi connectivity index (χ4v) is 3.33. The second-order valence-electron chi connectivity index (χ2n) is 8.98. The van der Waals surface area contributed by atoms with E-state index in [1.165, 1.54) is 48.5 Å². The van der Waals surface area contributed by atoms with Crippen LogP contribution in [0.1, 0.15) is 54.4 Å². The molecule has 0 bridgehead atoms. The van der Waals surface area contributed by atoms with E-state index in [-0.39, 0.29) is 49.1 Å². The molecule has 0 saturated heterocycles. The van der Waals surface area contributed by atoms with Crippen molar-refractivity contribution in [3.05, 3.63) is 106 Å². The molecular weight excluding hydrogens is 576 g/mol. The highest BCUT2D eigenvalue weighted by atomic mass is 16.4. The molecule has 0 saturated carbocycles. The summed E-state index contributed by atoms with van der Waals surface area (Å²) in [5.74, 6) is -2.33. The Hall–Kier alpha value is -5.28. The number of aliphatic hydroxyl groups excluding tert-OH is 4. The maximum absolute atomic E-state index is 10.2. The maximum Gasteiger partial charge on any atom is 0.219 e. The molecule has 0 radical (unpaired) electrons. The zero-order chi connectivity index (χ0) is 33.4. The highest BCUT2D eigenvalue weighted by Crippen LogP contribution is 2.22. The first kappa shape index (κ1) is 36.7. The number of pyridine rings is 2. The van der Waals surface area contributed by atoms with Gasteiger partial charge in [0.1, 0.15) is 0 Å². The normalized spacial score (nSPS) is 9.77. The Kier molecular flexibility index (Phi) is 15.3. The number of carboxylic acids is 2. The Bertz CT molecular complexity index is 1400. The molecule has 2 heterocycles. The lowest BCUT2D eigenvalue weighted by atomic mass is 10.1. The average molecular weight is 613 g/mol. The number of aromatic carboxylic acids is 2. The lowest BCUT2D eigenvalue weighted by Gasteiger charge is -2.03. The number of rotatable bonds is 6. The predicted molar refractivity (Wildman–Crippen MR) is 153 cm³/mol. The molecule has 0 aliphatic heterocycles. The summed E-state index contributed by atoms with van der Waals surface area (Å²) < 4.78 is 0. The highest BCUT2D eigenvalue weighted by molar-refractivity contribution is 5.86. The molecule has 4 aromatic rings. The summed E-state index contributed by atoms with van der Waals surface area (Å²) in [6.45, 7) is 2.46. The number of hydrogen-bond acceptors (Lipinski definition) is 12. The first-order valence-electron chi connectivity index (χ1n) is 12.8. The molecule has 14 heteroatoms. The lowest BCUT2D eigenvalue weighted by Crippen LogP contribution is -2.21. The smallest absolute Gasteiger partial charge is 0.219 e. The summed E-state index contributed by atoms with van der Waals surface area (Å²) >= 11 is 0. The van der Waals surface area contributed by atoms with Crippen LogP contribution in [0.25, 0.3) is 0 Å². The number of aromatic amines is 2. The Morgan fingerprint density at radius 2 is 0.909 bits per heavy atom. The second-order valence-corrected chi connectivity index (χ2v) is 8.98. The van der Waals surface area contributed by atoms with Crippen molar-refractivity contribution in [1.82, 2.24) is 0 Å². The summed E-state index contributed by atoms with van der Waals surface area (Å²) in [5, 5.41) is 74.5. The number of nitrogens with one attached hydrogen (secondary N) is 2. The van der Waals surface area contributed by atoms with E-state index in [9.17, 15) is 30.0 Å². The zero-order valence-corrected chi connectivity index (χ0v) is 24.1. The molecule has 2 aromatic heterocycles. The molecule has 0 spiro atoms. The fourth-order valence-electron chi connectivity index (χ4n) is 3.33. The van der Waals surface area contributed by atoms with Crippen molar-refractivity contribution < 1.29 is 60.4 Å². The van der Waals surface area contributed by atoms with E-state index >= 15 is 0 Å². The molecule has 0 aliphatic rings. The summed E-state index contributed by atoms with van der Waals surface area (Å²) in [6, 6.07) is 11.7. The van der Waals surface area contributed by atoms with Crippen molar-refractivity contribution in [2.45, 2.75) is 40.3 Å². The quantitative estimate of drug-likeness (QED) is 0.113. The summed E-state index contributed by atoms with van der Waals surface area (Å²) in [6.07, 6.45) is 3.14. The zero-order valence-electron chi connectivity index (χ0n) is 24.1. The van der Waals surface area contributed by atoms with Gasteiger partial charge in [-0.05, 0) is 35.4 Å². The van der Waals surface area contributed by atoms with Gasteiger partial charge in [0.25, 0.3) is 0 Å². The van der Waals surface area contributed by atoms with Crippen LogP contribution in [0.3, 0.4) is 0 Å². The first-order valence-corrected chi connectivity index (χ1v) is 12.8. The molecule has 12 N–H and O–H groups in total. The van der Waals surface area contributed by atoms with Gasteiger partial charge in [-0.15, -0.1) is 0 Å². The van der Waals surface area contributed by atoms with Gasteiger partial charge in [0.15, 0.2) is 23.9 Å². The van der Waals surface area contributed by atoms with Crippen molar-refractivity contribution in [1.29, 1.82) is 0 Å². The largest absolute Gasteiger partial charge is 0.545 e. The van der Waals surface area contributed by atoms with E-state index in [1.807, 2.05) is 0 Å². The van der Waals surface area contributed by atoms with Crippen LogP contribution in [0, 0.1) is 13.8 Å². The number of aryl methyl sites for hydroxylation is 2. The topological polar surface area (TPSA) is 282 Å². The summed E-state index contributed by atoms with van der Waals surface area (Å²) in [5.41, 5.74) is 15.0. The van der Waals surface area contributed by atoms with Crippen LogP contribution in [-0.2, 0) is 26.4 Å². The number of carbonyl (C=O) groups excluding carboxylic acids is 2. The van der Waals surface area contributed by atoms with E-state index in [0.717, 1.165) is 0 Å². The molecule has 0 aliphatic carbocycles. The second kappa shape index (κ2) is 18.3. The number of aromatic hydroxyl groups is 2. The van der Waals surface area contributed by atoms with Crippen LogP contribution >= 0.6 is 0 Å². The molecule has 4 rings (SSSR count). The van der Waals surface area contributed by atoms with Gasteiger partial charge >= 0.3 is 0 Å². The van der Waals surface area contributed by atoms with Crippen molar-refractivity contribution >= 4 is 23.3 Å². The minimum Gasteiger partial charge on any atom is -0.545 e. The third kappa shape index (κ3) is 11.2. The number of aliphatic hydroxyl groups is 4. The maximum atomic E-state index is 10.2. The Morgan fingerprint density at radius 1 is 0.614 bits per heavy atom. The Morgan fingerprint density at radius 3 is 1.14 bits per heavy atom. The molecule has 0 amide bonds. The van der Waals surface area contributed by atoms with Crippen molar-refractivity contribution in [3.8, 4) is 11.5 Å². The number of anilines is 2. The van der Waals surface area contributed by atoms with E-state index in [1.54, 1.807) is 26.2 Å². The van der Waals surface area contributed by atoms with Gasteiger partial charge in [-0.25, -0.2) is 9.97 Å². The van der Waals surface area contributed by atoms with Crippen LogP contribution in [0.2, 0.25) is 0 Å². The monoisotopic (exact) mass is 612 g/mol. The molecule has 236 valence electrons. The highest BCUT2D eigenvalue weighted by Gasteiger charge is 2.15. The van der Waals surface area contributed by atoms with Crippen molar-refractivity contribution in [3.63, 3.8) is 0 Å². The average Bonchev–Trinajstić information content (AvgIpc) is 3.01.